The van der Waals surface area contributed by atoms with Crippen molar-refractivity contribution >= 4 is 0 Å². The van der Waals surface area contributed by atoms with Crippen molar-refractivity contribution in [2.75, 3.05) is 13.2 Å². The number of aliphatic hydroxyl groups excluding tert-OH is 2. The van der Waals surface area contributed by atoms with E-state index in [-0.39, 0.29) is 13.2 Å². The summed E-state index contributed by atoms with van der Waals surface area (Å²) in [6.07, 6.45) is 5.61. The fourth-order valence-corrected chi connectivity index (χ4v) is 4.26. The van der Waals surface area contributed by atoms with Crippen LogP contribution >= 0.6 is 0 Å². The normalized spacial score (nSPS) is 39.9. The van der Waals surface area contributed by atoms with Gasteiger partial charge in [0.1, 0.15) is 0 Å². The second-order valence-electron chi connectivity index (χ2n) is 6.54. The predicted molar refractivity (Wildman–Crippen MR) is 69.5 cm³/mol. The molecule has 0 saturated heterocycles. The first-order chi connectivity index (χ1) is 8.02. The molecule has 0 aromatic heterocycles. The van der Waals surface area contributed by atoms with Crippen LogP contribution in [0.25, 0.3) is 0 Å². The number of rotatable bonds is 4. The number of hydrogen-bond donors (Lipinski definition) is 2. The van der Waals surface area contributed by atoms with E-state index >= 15 is 0 Å². The molecule has 0 heterocycles. The van der Waals surface area contributed by atoms with Crippen LogP contribution in [-0.4, -0.2) is 23.4 Å². The van der Waals surface area contributed by atoms with Crippen molar-refractivity contribution in [1.82, 2.24) is 0 Å². The minimum atomic E-state index is 0.0961. The monoisotopic (exact) mass is 238 g/mol. The van der Waals surface area contributed by atoms with E-state index in [2.05, 4.69) is 26.8 Å². The lowest BCUT2D eigenvalue weighted by atomic mass is 9.48. The maximum atomic E-state index is 9.32. The zero-order chi connectivity index (χ0) is 12.6. The van der Waals surface area contributed by atoms with Crippen LogP contribution in [0.5, 0.6) is 0 Å². The molecule has 0 amide bonds. The summed E-state index contributed by atoms with van der Waals surface area (Å²) >= 11 is 0. The van der Waals surface area contributed by atoms with Gasteiger partial charge in [0, 0.05) is 6.61 Å². The van der Waals surface area contributed by atoms with Crippen molar-refractivity contribution in [2.45, 2.75) is 40.0 Å². The molecule has 0 aromatic carbocycles. The molecule has 2 aliphatic carbocycles. The van der Waals surface area contributed by atoms with Gasteiger partial charge in [-0.1, -0.05) is 33.3 Å². The first kappa shape index (κ1) is 13.1. The van der Waals surface area contributed by atoms with Crippen LogP contribution in [0.4, 0.5) is 0 Å². The third-order valence-corrected chi connectivity index (χ3v) is 5.34. The van der Waals surface area contributed by atoms with E-state index in [1.807, 2.05) is 0 Å². The van der Waals surface area contributed by atoms with Gasteiger partial charge < -0.3 is 10.2 Å². The fourth-order valence-electron chi connectivity index (χ4n) is 4.26. The van der Waals surface area contributed by atoms with Gasteiger partial charge in [-0.2, -0.15) is 0 Å². The third kappa shape index (κ3) is 2.06. The molecule has 2 fully saturated rings. The summed E-state index contributed by atoms with van der Waals surface area (Å²) in [6.45, 7) is 7.33. The molecule has 2 N–H and O–H groups in total. The quantitative estimate of drug-likeness (QED) is 0.739. The number of aliphatic hydroxyl groups is 2. The molecule has 17 heavy (non-hydrogen) atoms. The van der Waals surface area contributed by atoms with Crippen molar-refractivity contribution < 1.29 is 10.2 Å². The topological polar surface area (TPSA) is 40.5 Å². The zero-order valence-electron chi connectivity index (χ0n) is 11.3. The van der Waals surface area contributed by atoms with E-state index in [0.717, 1.165) is 23.3 Å². The second kappa shape index (κ2) is 4.74. The summed E-state index contributed by atoms with van der Waals surface area (Å²) in [5.74, 6) is 3.10. The van der Waals surface area contributed by atoms with Gasteiger partial charge in [-0.25, -0.2) is 0 Å². The predicted octanol–water partition coefficient (Wildman–Crippen LogP) is 2.61. The standard InChI is InChI=1S/C15H26O2/c1-10-4-5-12-14(10)13(15(12,2)3)8-11(9-17)6-7-16/h8,10,12-14,16-17H,4-7,9H2,1-3H3/b11-8+/t10-,12+,13+,14-/m1/s1. The van der Waals surface area contributed by atoms with Crippen LogP contribution in [0, 0.1) is 29.1 Å². The van der Waals surface area contributed by atoms with Crippen molar-refractivity contribution in [3.63, 3.8) is 0 Å². The highest BCUT2D eigenvalue weighted by Crippen LogP contribution is 2.65. The van der Waals surface area contributed by atoms with Crippen molar-refractivity contribution in [3.05, 3.63) is 11.6 Å². The molecule has 2 aliphatic rings. The van der Waals surface area contributed by atoms with Crippen molar-refractivity contribution in [2.24, 2.45) is 29.1 Å². The van der Waals surface area contributed by atoms with Crippen LogP contribution < -0.4 is 0 Å². The van der Waals surface area contributed by atoms with E-state index in [0.29, 0.717) is 17.8 Å². The molecule has 98 valence electrons. The van der Waals surface area contributed by atoms with Crippen LogP contribution in [0.15, 0.2) is 11.6 Å². The summed E-state index contributed by atoms with van der Waals surface area (Å²) in [7, 11) is 0. The third-order valence-electron chi connectivity index (χ3n) is 5.34. The lowest BCUT2D eigenvalue weighted by molar-refractivity contribution is -0.0631. The number of hydrogen-bond acceptors (Lipinski definition) is 2. The van der Waals surface area contributed by atoms with E-state index in [4.69, 9.17) is 5.11 Å². The Labute approximate surface area is 105 Å². The van der Waals surface area contributed by atoms with Gasteiger partial charge >= 0.3 is 0 Å². The highest BCUT2D eigenvalue weighted by Gasteiger charge is 2.58. The van der Waals surface area contributed by atoms with Gasteiger partial charge in [-0.3, -0.25) is 0 Å². The molecule has 0 aromatic rings. The fraction of sp³-hybridized carbons (Fsp3) is 0.867. The van der Waals surface area contributed by atoms with Gasteiger partial charge in [0.15, 0.2) is 0 Å². The summed E-state index contributed by atoms with van der Waals surface area (Å²) in [4.78, 5) is 0. The first-order valence-corrected chi connectivity index (χ1v) is 6.93. The first-order valence-electron chi connectivity index (χ1n) is 6.93. The molecule has 2 heteroatoms. The molecule has 2 nitrogen and oxygen atoms in total. The van der Waals surface area contributed by atoms with Crippen LogP contribution in [-0.2, 0) is 0 Å². The largest absolute Gasteiger partial charge is 0.396 e. The van der Waals surface area contributed by atoms with Gasteiger partial charge in [0.05, 0.1) is 6.61 Å². The molecule has 0 aliphatic heterocycles. The van der Waals surface area contributed by atoms with E-state index in [1.165, 1.54) is 12.8 Å². The lowest BCUT2D eigenvalue weighted by Gasteiger charge is -2.57. The van der Waals surface area contributed by atoms with Crippen LogP contribution in [0.1, 0.15) is 40.0 Å². The van der Waals surface area contributed by atoms with Crippen molar-refractivity contribution in [3.8, 4) is 0 Å². The lowest BCUT2D eigenvalue weighted by Crippen LogP contribution is -2.51. The number of fused-ring (bicyclic) bond motifs is 1. The van der Waals surface area contributed by atoms with E-state index in [9.17, 15) is 5.11 Å². The molecule has 0 spiro atoms. The summed E-state index contributed by atoms with van der Waals surface area (Å²) < 4.78 is 0. The Kier molecular flexibility index (Phi) is 3.65. The molecular formula is C15H26O2. The Morgan fingerprint density at radius 2 is 2.00 bits per heavy atom. The minimum absolute atomic E-state index is 0.0961. The molecule has 0 unspecified atom stereocenters. The van der Waals surface area contributed by atoms with Crippen LogP contribution in [0.3, 0.4) is 0 Å². The van der Waals surface area contributed by atoms with Gasteiger partial charge in [0.2, 0.25) is 0 Å². The maximum Gasteiger partial charge on any atom is 0.0642 e. The molecule has 0 radical (unpaired) electrons. The minimum Gasteiger partial charge on any atom is -0.396 e. The Morgan fingerprint density at radius 3 is 2.59 bits per heavy atom. The van der Waals surface area contributed by atoms with E-state index < -0.39 is 0 Å². The molecule has 2 saturated carbocycles. The molecule has 4 atom stereocenters. The molecule has 2 rings (SSSR count). The highest BCUT2D eigenvalue weighted by molar-refractivity contribution is 5.18. The highest BCUT2D eigenvalue weighted by atomic mass is 16.3. The second-order valence-corrected chi connectivity index (χ2v) is 6.54. The molecular weight excluding hydrogens is 212 g/mol. The Hall–Kier alpha value is -0.340. The summed E-state index contributed by atoms with van der Waals surface area (Å²) in [5.41, 5.74) is 1.40. The Bertz CT molecular complexity index is 306. The Balaban J connectivity index is 2.14. The maximum absolute atomic E-state index is 9.32. The van der Waals surface area contributed by atoms with Gasteiger partial charge in [-0.15, -0.1) is 0 Å². The van der Waals surface area contributed by atoms with Crippen LogP contribution in [0.2, 0.25) is 0 Å². The van der Waals surface area contributed by atoms with E-state index in [1.54, 1.807) is 0 Å². The average molecular weight is 238 g/mol. The average Bonchev–Trinajstić information content (AvgIpc) is 2.64. The van der Waals surface area contributed by atoms with Gasteiger partial charge in [0.25, 0.3) is 0 Å². The SMILES string of the molecule is C[C@@H]1CC[C@H]2[C@@H]1[C@H](/C=C(/CO)CCO)C2(C)C. The summed E-state index contributed by atoms with van der Waals surface area (Å²) in [6, 6.07) is 0. The smallest absolute Gasteiger partial charge is 0.0642 e. The zero-order valence-corrected chi connectivity index (χ0v) is 11.3. The Morgan fingerprint density at radius 1 is 1.29 bits per heavy atom. The van der Waals surface area contributed by atoms with Gasteiger partial charge in [-0.05, 0) is 47.5 Å². The molecule has 0 bridgehead atoms. The van der Waals surface area contributed by atoms with Crippen molar-refractivity contribution in [1.29, 1.82) is 0 Å². The number of allylic oxidation sites excluding steroid dienone is 1. The summed E-state index contributed by atoms with van der Waals surface area (Å²) in [5, 5.41) is 18.3.